The molecule has 0 saturated heterocycles. The first-order valence-corrected chi connectivity index (χ1v) is 9.09. The lowest BCUT2D eigenvalue weighted by molar-refractivity contribution is -0.124. The molecule has 0 fully saturated rings. The summed E-state index contributed by atoms with van der Waals surface area (Å²) in [6.07, 6.45) is 3.92. The lowest BCUT2D eigenvalue weighted by Crippen LogP contribution is -2.30. The van der Waals surface area contributed by atoms with Crippen molar-refractivity contribution < 1.29 is 27.8 Å². The van der Waals surface area contributed by atoms with E-state index >= 15 is 0 Å². The predicted molar refractivity (Wildman–Crippen MR) is 104 cm³/mol. The first-order valence-electron chi connectivity index (χ1n) is 9.09. The maximum Gasteiger partial charge on any atom is 0.387 e. The molecule has 1 aromatic heterocycles. The standard InChI is InChI=1S/C21H19F2N3O4/c22-21(23)30-18-8-2-15(3-9-18)10-12-24-19(27)14-29-20(28)16-4-6-17(7-5-16)26-13-1-11-25-26/h1-9,11,13,21H,10,12,14H2,(H,24,27). The Morgan fingerprint density at radius 2 is 1.80 bits per heavy atom. The summed E-state index contributed by atoms with van der Waals surface area (Å²) in [7, 11) is 0. The fourth-order valence-electron chi connectivity index (χ4n) is 2.62. The molecule has 0 saturated carbocycles. The maximum absolute atomic E-state index is 12.1. The fourth-order valence-corrected chi connectivity index (χ4v) is 2.62. The molecule has 0 aliphatic rings. The fraction of sp³-hybridized carbons (Fsp3) is 0.190. The number of hydrogen-bond acceptors (Lipinski definition) is 5. The molecule has 0 aliphatic carbocycles. The number of esters is 1. The highest BCUT2D eigenvalue weighted by Gasteiger charge is 2.10. The van der Waals surface area contributed by atoms with Crippen LogP contribution < -0.4 is 10.1 Å². The van der Waals surface area contributed by atoms with Crippen molar-refractivity contribution in [3.05, 3.63) is 78.1 Å². The Hall–Kier alpha value is -3.75. The molecule has 3 aromatic rings. The van der Waals surface area contributed by atoms with Crippen LogP contribution in [0.1, 0.15) is 15.9 Å². The lowest BCUT2D eigenvalue weighted by Gasteiger charge is -2.08. The number of halogens is 2. The number of ether oxygens (including phenoxy) is 2. The van der Waals surface area contributed by atoms with Gasteiger partial charge in [-0.3, -0.25) is 4.79 Å². The van der Waals surface area contributed by atoms with Crippen molar-refractivity contribution in [1.82, 2.24) is 15.1 Å². The summed E-state index contributed by atoms with van der Waals surface area (Å²) in [6, 6.07) is 14.6. The van der Waals surface area contributed by atoms with Gasteiger partial charge in [0.05, 0.1) is 11.3 Å². The van der Waals surface area contributed by atoms with Crippen molar-refractivity contribution in [2.45, 2.75) is 13.0 Å². The van der Waals surface area contributed by atoms with Gasteiger partial charge in [-0.25, -0.2) is 9.48 Å². The molecular weight excluding hydrogens is 396 g/mol. The summed E-state index contributed by atoms with van der Waals surface area (Å²) in [5.41, 5.74) is 1.96. The van der Waals surface area contributed by atoms with E-state index in [9.17, 15) is 18.4 Å². The van der Waals surface area contributed by atoms with Gasteiger partial charge in [-0.2, -0.15) is 13.9 Å². The molecule has 0 radical (unpaired) electrons. The quantitative estimate of drug-likeness (QED) is 0.544. The first-order chi connectivity index (χ1) is 14.5. The van der Waals surface area contributed by atoms with Crippen LogP contribution >= 0.6 is 0 Å². The van der Waals surface area contributed by atoms with Gasteiger partial charge in [0.15, 0.2) is 6.61 Å². The normalized spacial score (nSPS) is 10.6. The average molecular weight is 415 g/mol. The number of hydrogen-bond donors (Lipinski definition) is 1. The Morgan fingerprint density at radius 3 is 2.43 bits per heavy atom. The molecular formula is C21H19F2N3O4. The lowest BCUT2D eigenvalue weighted by atomic mass is 10.1. The molecule has 0 bridgehead atoms. The molecule has 156 valence electrons. The third-order valence-corrected chi connectivity index (χ3v) is 4.09. The van der Waals surface area contributed by atoms with E-state index in [2.05, 4.69) is 15.2 Å². The smallest absolute Gasteiger partial charge is 0.387 e. The number of rotatable bonds is 9. The molecule has 1 N–H and O–H groups in total. The predicted octanol–water partition coefficient (Wildman–Crippen LogP) is 2.99. The van der Waals surface area contributed by atoms with Crippen molar-refractivity contribution in [1.29, 1.82) is 0 Å². The first kappa shape index (κ1) is 21.0. The summed E-state index contributed by atoms with van der Waals surface area (Å²) >= 11 is 0. The minimum absolute atomic E-state index is 0.0716. The molecule has 0 spiro atoms. The highest BCUT2D eigenvalue weighted by Crippen LogP contribution is 2.15. The van der Waals surface area contributed by atoms with Crippen LogP contribution in [0.2, 0.25) is 0 Å². The molecule has 9 heteroatoms. The van der Waals surface area contributed by atoms with Crippen LogP contribution in [0, 0.1) is 0 Å². The van der Waals surface area contributed by atoms with Gasteiger partial charge in [-0.15, -0.1) is 0 Å². The summed E-state index contributed by atoms with van der Waals surface area (Å²) in [5, 5.41) is 6.73. The van der Waals surface area contributed by atoms with Crippen molar-refractivity contribution in [2.75, 3.05) is 13.2 Å². The zero-order valence-corrected chi connectivity index (χ0v) is 15.8. The van der Waals surface area contributed by atoms with E-state index in [4.69, 9.17) is 4.74 Å². The van der Waals surface area contributed by atoms with Crippen LogP contribution in [0.25, 0.3) is 5.69 Å². The largest absolute Gasteiger partial charge is 0.452 e. The Balaban J connectivity index is 1.38. The molecule has 1 amide bonds. The van der Waals surface area contributed by atoms with Gasteiger partial charge in [0.25, 0.3) is 5.91 Å². The average Bonchev–Trinajstić information content (AvgIpc) is 3.28. The van der Waals surface area contributed by atoms with E-state index < -0.39 is 25.1 Å². The topological polar surface area (TPSA) is 82.5 Å². The van der Waals surface area contributed by atoms with Gasteiger partial charge in [0.1, 0.15) is 5.75 Å². The number of alkyl halides is 2. The van der Waals surface area contributed by atoms with Gasteiger partial charge in [-0.05, 0) is 54.4 Å². The van der Waals surface area contributed by atoms with Gasteiger partial charge in [0.2, 0.25) is 0 Å². The zero-order valence-electron chi connectivity index (χ0n) is 15.8. The van der Waals surface area contributed by atoms with Crippen LogP contribution in [0.5, 0.6) is 5.75 Å². The number of carbonyl (C=O) groups is 2. The summed E-state index contributed by atoms with van der Waals surface area (Å²) < 4.78 is 35.2. The second-order valence-corrected chi connectivity index (χ2v) is 6.20. The second kappa shape index (κ2) is 10.1. The summed E-state index contributed by atoms with van der Waals surface area (Å²) in [5.74, 6) is -0.969. The van der Waals surface area contributed by atoms with E-state index in [0.717, 1.165) is 11.3 Å². The number of amides is 1. The molecule has 1 heterocycles. The maximum atomic E-state index is 12.1. The van der Waals surface area contributed by atoms with Crippen molar-refractivity contribution >= 4 is 11.9 Å². The number of nitrogens with one attached hydrogen (secondary N) is 1. The van der Waals surface area contributed by atoms with Gasteiger partial charge < -0.3 is 14.8 Å². The molecule has 30 heavy (non-hydrogen) atoms. The third kappa shape index (κ3) is 6.13. The van der Waals surface area contributed by atoms with Gasteiger partial charge in [-0.1, -0.05) is 12.1 Å². The van der Waals surface area contributed by atoms with E-state index in [1.165, 1.54) is 12.1 Å². The van der Waals surface area contributed by atoms with Gasteiger partial charge >= 0.3 is 12.6 Å². The number of carbonyl (C=O) groups excluding carboxylic acids is 2. The highest BCUT2D eigenvalue weighted by molar-refractivity contribution is 5.91. The molecule has 7 nitrogen and oxygen atoms in total. The Labute approximate surface area is 171 Å². The third-order valence-electron chi connectivity index (χ3n) is 4.09. The zero-order chi connectivity index (χ0) is 21.3. The number of nitrogens with zero attached hydrogens (tertiary/aromatic N) is 2. The SMILES string of the molecule is O=C(COC(=O)c1ccc(-n2cccn2)cc1)NCCc1ccc(OC(F)F)cc1. The molecule has 2 aromatic carbocycles. The van der Waals surface area contributed by atoms with Crippen LogP contribution in [-0.2, 0) is 16.0 Å². The Bertz CT molecular complexity index is 959. The summed E-state index contributed by atoms with van der Waals surface area (Å²) in [6.45, 7) is -2.96. The van der Waals surface area contributed by atoms with Crippen LogP contribution in [0.3, 0.4) is 0 Å². The number of aromatic nitrogens is 2. The molecule has 0 aliphatic heterocycles. The van der Waals surface area contributed by atoms with Crippen molar-refractivity contribution in [3.8, 4) is 11.4 Å². The van der Waals surface area contributed by atoms with E-state index in [1.807, 2.05) is 0 Å². The minimum atomic E-state index is -2.87. The number of benzene rings is 2. The molecule has 0 atom stereocenters. The van der Waals surface area contributed by atoms with Gasteiger partial charge in [0, 0.05) is 18.9 Å². The summed E-state index contributed by atoms with van der Waals surface area (Å²) in [4.78, 5) is 23.9. The Morgan fingerprint density at radius 1 is 1.07 bits per heavy atom. The second-order valence-electron chi connectivity index (χ2n) is 6.20. The van der Waals surface area contributed by atoms with E-state index in [1.54, 1.807) is 59.5 Å². The molecule has 3 rings (SSSR count). The monoisotopic (exact) mass is 415 g/mol. The minimum Gasteiger partial charge on any atom is -0.452 e. The van der Waals surface area contributed by atoms with E-state index in [-0.39, 0.29) is 5.75 Å². The Kier molecular flexibility index (Phi) is 7.09. The van der Waals surface area contributed by atoms with E-state index in [0.29, 0.717) is 18.5 Å². The van der Waals surface area contributed by atoms with Crippen LogP contribution in [0.15, 0.2) is 67.0 Å². The highest BCUT2D eigenvalue weighted by atomic mass is 19.3. The molecule has 0 unspecified atom stereocenters. The van der Waals surface area contributed by atoms with Crippen molar-refractivity contribution in [2.24, 2.45) is 0 Å². The van der Waals surface area contributed by atoms with Crippen LogP contribution in [-0.4, -0.2) is 41.4 Å². The van der Waals surface area contributed by atoms with Crippen molar-refractivity contribution in [3.63, 3.8) is 0 Å². The van der Waals surface area contributed by atoms with Crippen LogP contribution in [0.4, 0.5) is 8.78 Å².